The predicted octanol–water partition coefficient (Wildman–Crippen LogP) is 2.59. The van der Waals surface area contributed by atoms with Gasteiger partial charge in [-0.25, -0.2) is 4.98 Å². The summed E-state index contributed by atoms with van der Waals surface area (Å²) >= 11 is 1.43. The quantitative estimate of drug-likeness (QED) is 0.832. The van der Waals surface area contributed by atoms with Gasteiger partial charge in [0.05, 0.1) is 23.5 Å². The molecule has 0 bridgehead atoms. The molecule has 2 atom stereocenters. The standard InChI is InChI=1S/C17H22N4O2S/c1-11-7-21(8-12(2)23-11)9-13-10-24-17(19-13)20-16(22)14-5-3-4-6-15(14)18/h3-6,10-12H,7-9,18H2,1-2H3,(H,19,20,22). The Labute approximate surface area is 145 Å². The largest absolute Gasteiger partial charge is 0.398 e. The van der Waals surface area contributed by atoms with Crippen molar-refractivity contribution in [3.05, 3.63) is 40.9 Å². The van der Waals surface area contributed by atoms with Crippen LogP contribution in [0.4, 0.5) is 10.8 Å². The number of rotatable bonds is 4. The molecule has 2 heterocycles. The van der Waals surface area contributed by atoms with Crippen LogP contribution in [0.1, 0.15) is 29.9 Å². The lowest BCUT2D eigenvalue weighted by atomic mass is 10.2. The van der Waals surface area contributed by atoms with Crippen molar-refractivity contribution >= 4 is 28.1 Å². The second kappa shape index (κ2) is 7.29. The molecule has 3 N–H and O–H groups in total. The summed E-state index contributed by atoms with van der Waals surface area (Å²) in [4.78, 5) is 19.1. The molecule has 0 radical (unpaired) electrons. The summed E-state index contributed by atoms with van der Waals surface area (Å²) in [5, 5.41) is 5.39. The second-order valence-corrected chi connectivity index (χ2v) is 6.99. The van der Waals surface area contributed by atoms with E-state index in [2.05, 4.69) is 29.0 Å². The van der Waals surface area contributed by atoms with Gasteiger partial charge in [-0.2, -0.15) is 0 Å². The number of amides is 1. The van der Waals surface area contributed by atoms with Crippen LogP contribution in [-0.2, 0) is 11.3 Å². The monoisotopic (exact) mass is 346 g/mol. The maximum absolute atomic E-state index is 12.3. The maximum Gasteiger partial charge on any atom is 0.259 e. The normalized spacial score (nSPS) is 21.6. The van der Waals surface area contributed by atoms with Crippen molar-refractivity contribution in [3.8, 4) is 0 Å². The van der Waals surface area contributed by atoms with Gasteiger partial charge < -0.3 is 10.5 Å². The highest BCUT2D eigenvalue weighted by Crippen LogP contribution is 2.21. The fourth-order valence-electron chi connectivity index (χ4n) is 2.95. The van der Waals surface area contributed by atoms with Crippen LogP contribution in [0.2, 0.25) is 0 Å². The van der Waals surface area contributed by atoms with Crippen molar-refractivity contribution in [2.45, 2.75) is 32.6 Å². The van der Waals surface area contributed by atoms with Crippen LogP contribution in [0.15, 0.2) is 29.6 Å². The van der Waals surface area contributed by atoms with Gasteiger partial charge in [0.2, 0.25) is 0 Å². The van der Waals surface area contributed by atoms with Crippen LogP contribution >= 0.6 is 11.3 Å². The average molecular weight is 346 g/mol. The first kappa shape index (κ1) is 16.9. The van der Waals surface area contributed by atoms with E-state index in [4.69, 9.17) is 10.5 Å². The molecular formula is C17H22N4O2S. The van der Waals surface area contributed by atoms with Gasteiger partial charge in [0.25, 0.3) is 5.91 Å². The van der Waals surface area contributed by atoms with Gasteiger partial charge >= 0.3 is 0 Å². The van der Waals surface area contributed by atoms with E-state index < -0.39 is 0 Å². The Morgan fingerprint density at radius 2 is 2.08 bits per heavy atom. The molecule has 1 fully saturated rings. The number of nitrogens with one attached hydrogen (secondary N) is 1. The summed E-state index contributed by atoms with van der Waals surface area (Å²) in [6.07, 6.45) is 0.459. The zero-order valence-electron chi connectivity index (χ0n) is 13.9. The molecule has 24 heavy (non-hydrogen) atoms. The number of nitrogens with two attached hydrogens (primary N) is 1. The van der Waals surface area contributed by atoms with Crippen LogP contribution in [0.25, 0.3) is 0 Å². The van der Waals surface area contributed by atoms with E-state index in [0.717, 1.165) is 25.3 Å². The number of ether oxygens (including phenoxy) is 1. The van der Waals surface area contributed by atoms with E-state index in [1.807, 2.05) is 5.38 Å². The molecule has 1 amide bonds. The molecule has 6 nitrogen and oxygen atoms in total. The highest BCUT2D eigenvalue weighted by Gasteiger charge is 2.22. The van der Waals surface area contributed by atoms with Gasteiger partial charge in [0.1, 0.15) is 0 Å². The number of para-hydroxylation sites is 1. The zero-order chi connectivity index (χ0) is 17.1. The molecule has 1 saturated heterocycles. The van der Waals surface area contributed by atoms with Crippen LogP contribution in [0.3, 0.4) is 0 Å². The van der Waals surface area contributed by atoms with Crippen molar-refractivity contribution in [2.24, 2.45) is 0 Å². The van der Waals surface area contributed by atoms with Crippen molar-refractivity contribution in [3.63, 3.8) is 0 Å². The number of nitrogens with zero attached hydrogens (tertiary/aromatic N) is 2. The molecule has 7 heteroatoms. The summed E-state index contributed by atoms with van der Waals surface area (Å²) < 4.78 is 5.74. The van der Waals surface area contributed by atoms with E-state index in [1.165, 1.54) is 11.3 Å². The number of thiazole rings is 1. The SMILES string of the molecule is CC1CN(Cc2csc(NC(=O)c3ccccc3N)n2)CC(C)O1. The zero-order valence-corrected chi connectivity index (χ0v) is 14.7. The number of anilines is 2. The number of carbonyl (C=O) groups excluding carboxylic acids is 1. The number of hydrogen-bond acceptors (Lipinski definition) is 6. The second-order valence-electron chi connectivity index (χ2n) is 6.14. The Morgan fingerprint density at radius 3 is 2.79 bits per heavy atom. The Bertz CT molecular complexity index is 708. The number of carbonyl (C=O) groups is 1. The summed E-state index contributed by atoms with van der Waals surface area (Å²) in [5.41, 5.74) is 7.71. The third-order valence-electron chi connectivity index (χ3n) is 3.86. The number of nitrogen functional groups attached to an aromatic ring is 1. The lowest BCUT2D eigenvalue weighted by Gasteiger charge is -2.34. The van der Waals surface area contributed by atoms with Crippen molar-refractivity contribution in [1.82, 2.24) is 9.88 Å². The average Bonchev–Trinajstić information content (AvgIpc) is 2.93. The van der Waals surface area contributed by atoms with Crippen LogP contribution < -0.4 is 11.1 Å². The molecule has 3 rings (SSSR count). The summed E-state index contributed by atoms with van der Waals surface area (Å²) in [7, 11) is 0. The van der Waals surface area contributed by atoms with E-state index in [9.17, 15) is 4.79 Å². The fraction of sp³-hybridized carbons (Fsp3) is 0.412. The van der Waals surface area contributed by atoms with Crippen LogP contribution in [0.5, 0.6) is 0 Å². The van der Waals surface area contributed by atoms with Crippen molar-refractivity contribution < 1.29 is 9.53 Å². The van der Waals surface area contributed by atoms with Crippen LogP contribution in [-0.4, -0.2) is 41.1 Å². The van der Waals surface area contributed by atoms with Crippen molar-refractivity contribution in [2.75, 3.05) is 24.1 Å². The highest BCUT2D eigenvalue weighted by molar-refractivity contribution is 7.14. The Hall–Kier alpha value is -1.96. The van der Waals surface area contributed by atoms with Crippen LogP contribution in [0, 0.1) is 0 Å². The minimum absolute atomic E-state index is 0.229. The molecule has 0 saturated carbocycles. The summed E-state index contributed by atoms with van der Waals surface area (Å²) in [6, 6.07) is 7.01. The van der Waals surface area contributed by atoms with Crippen molar-refractivity contribution in [1.29, 1.82) is 0 Å². The highest BCUT2D eigenvalue weighted by atomic mass is 32.1. The van der Waals surface area contributed by atoms with E-state index in [-0.39, 0.29) is 18.1 Å². The smallest absolute Gasteiger partial charge is 0.259 e. The van der Waals surface area contributed by atoms with E-state index >= 15 is 0 Å². The third kappa shape index (κ3) is 4.11. The number of hydrogen-bond donors (Lipinski definition) is 2. The van der Waals surface area contributed by atoms with Gasteiger partial charge in [-0.15, -0.1) is 11.3 Å². The molecule has 0 aliphatic carbocycles. The first-order valence-corrected chi connectivity index (χ1v) is 8.87. The lowest BCUT2D eigenvalue weighted by Crippen LogP contribution is -2.44. The number of aromatic nitrogens is 1. The first-order chi connectivity index (χ1) is 11.5. The Kier molecular flexibility index (Phi) is 5.13. The van der Waals surface area contributed by atoms with E-state index in [1.54, 1.807) is 24.3 Å². The van der Waals surface area contributed by atoms with Gasteiger partial charge in [-0.05, 0) is 26.0 Å². The molecule has 128 valence electrons. The predicted molar refractivity (Wildman–Crippen MR) is 96.2 cm³/mol. The molecule has 1 aromatic carbocycles. The van der Waals surface area contributed by atoms with E-state index in [0.29, 0.717) is 16.4 Å². The fourth-order valence-corrected chi connectivity index (χ4v) is 3.64. The van der Waals surface area contributed by atoms with Gasteiger partial charge in [-0.3, -0.25) is 15.0 Å². The minimum atomic E-state index is -0.234. The number of morpholine rings is 1. The minimum Gasteiger partial charge on any atom is -0.398 e. The van der Waals surface area contributed by atoms with Gasteiger partial charge in [0, 0.05) is 30.7 Å². The summed E-state index contributed by atoms with van der Waals surface area (Å²) in [6.45, 7) is 6.71. The third-order valence-corrected chi connectivity index (χ3v) is 4.66. The molecular weight excluding hydrogens is 324 g/mol. The molecule has 1 aliphatic rings. The maximum atomic E-state index is 12.3. The molecule has 2 unspecified atom stereocenters. The summed E-state index contributed by atoms with van der Waals surface area (Å²) in [5.74, 6) is -0.234. The lowest BCUT2D eigenvalue weighted by molar-refractivity contribution is -0.0707. The Morgan fingerprint density at radius 1 is 1.38 bits per heavy atom. The number of benzene rings is 1. The molecule has 1 aliphatic heterocycles. The van der Waals surface area contributed by atoms with Gasteiger partial charge in [-0.1, -0.05) is 12.1 Å². The Balaban J connectivity index is 1.61. The molecule has 2 aromatic rings. The molecule has 0 spiro atoms. The topological polar surface area (TPSA) is 80.5 Å². The molecule has 1 aromatic heterocycles. The first-order valence-electron chi connectivity index (χ1n) is 7.99. The van der Waals surface area contributed by atoms with Gasteiger partial charge in [0.15, 0.2) is 5.13 Å².